The molecule has 0 fully saturated rings. The molecular weight excluding hydrogens is 625 g/mol. The molecule has 2 unspecified atom stereocenters. The van der Waals surface area contributed by atoms with Gasteiger partial charge < -0.3 is 10.6 Å². The van der Waals surface area contributed by atoms with Crippen molar-refractivity contribution in [2.75, 3.05) is 10.6 Å². The third-order valence-corrected chi connectivity index (χ3v) is 11.4. The van der Waals surface area contributed by atoms with Crippen LogP contribution in [0.2, 0.25) is 0 Å². The Balaban J connectivity index is 1.13. The van der Waals surface area contributed by atoms with Gasteiger partial charge in [0.2, 0.25) is 0 Å². The Morgan fingerprint density at radius 3 is 2.28 bits per heavy atom. The van der Waals surface area contributed by atoms with E-state index in [0.717, 1.165) is 17.1 Å². The highest BCUT2D eigenvalue weighted by Crippen LogP contribution is 2.45. The van der Waals surface area contributed by atoms with Crippen molar-refractivity contribution in [3.05, 3.63) is 188 Å². The molecule has 3 heteroatoms. The van der Waals surface area contributed by atoms with Gasteiger partial charge in [-0.2, -0.15) is 0 Å². The summed E-state index contributed by atoms with van der Waals surface area (Å²) in [5.74, 6) is 0. The zero-order valence-electron chi connectivity index (χ0n) is 27.8. The Morgan fingerprint density at radius 1 is 0.580 bits per heavy atom. The van der Waals surface area contributed by atoms with Crippen molar-refractivity contribution in [2.45, 2.75) is 13.0 Å². The normalized spacial score (nSPS) is 17.9. The number of nitrogens with one attached hydrogen (secondary N) is 2. The lowest BCUT2D eigenvalue weighted by Gasteiger charge is -2.39. The highest BCUT2D eigenvalue weighted by molar-refractivity contribution is 7.26. The molecule has 2 N–H and O–H groups in total. The van der Waals surface area contributed by atoms with Crippen molar-refractivity contribution in [1.82, 2.24) is 0 Å². The number of fused-ring (bicyclic) bond motifs is 4. The topological polar surface area (TPSA) is 24.1 Å². The van der Waals surface area contributed by atoms with E-state index in [1.54, 1.807) is 0 Å². The minimum atomic E-state index is -0.109. The van der Waals surface area contributed by atoms with E-state index in [-0.39, 0.29) is 11.5 Å². The number of anilines is 3. The Labute approximate surface area is 297 Å². The van der Waals surface area contributed by atoms with E-state index in [0.29, 0.717) is 0 Å². The molecular formula is C47H36N2S. The number of rotatable bonds is 7. The van der Waals surface area contributed by atoms with E-state index in [9.17, 15) is 0 Å². The van der Waals surface area contributed by atoms with Crippen molar-refractivity contribution in [3.8, 4) is 33.4 Å². The molecule has 2 aliphatic rings. The lowest BCUT2D eigenvalue weighted by Crippen LogP contribution is -2.39. The smallest absolute Gasteiger partial charge is 0.0576 e. The van der Waals surface area contributed by atoms with Crippen molar-refractivity contribution in [3.63, 3.8) is 0 Å². The maximum absolute atomic E-state index is 3.92. The average Bonchev–Trinajstić information content (AvgIpc) is 3.55. The third kappa shape index (κ3) is 5.37. The molecule has 0 bridgehead atoms. The van der Waals surface area contributed by atoms with Crippen LogP contribution in [0.5, 0.6) is 0 Å². The van der Waals surface area contributed by atoms with Gasteiger partial charge in [0.25, 0.3) is 0 Å². The van der Waals surface area contributed by atoms with Crippen LogP contribution in [0.3, 0.4) is 0 Å². The molecule has 2 nitrogen and oxygen atoms in total. The maximum atomic E-state index is 3.92. The lowest BCUT2D eigenvalue weighted by molar-refractivity contribution is 0.480. The summed E-state index contributed by atoms with van der Waals surface area (Å²) in [6.45, 7) is 2.32. The average molecular weight is 661 g/mol. The molecule has 240 valence electrons. The number of benzene rings is 6. The van der Waals surface area contributed by atoms with E-state index < -0.39 is 0 Å². The van der Waals surface area contributed by atoms with Crippen LogP contribution in [0.25, 0.3) is 53.6 Å². The third-order valence-electron chi connectivity index (χ3n) is 10.2. The highest BCUT2D eigenvalue weighted by Gasteiger charge is 2.35. The molecule has 2 atom stereocenters. The quantitative estimate of drug-likeness (QED) is 0.178. The molecule has 0 saturated heterocycles. The standard InChI is InChI=1S/C47H36N2S/c1-47-29-10-9-16-35(47)17-12-26-45(47)49-42-24-7-5-20-37(42)34-15-11-14-32(30-34)33-27-28-43(48-36-18-3-2-4-19-36)41(31-33)40-23-13-22-39-38-21-6-8-25-44(38)50-46(39)40/h2-31,45,48-49H,1H3. The number of hydrogen-bond acceptors (Lipinski definition) is 3. The summed E-state index contributed by atoms with van der Waals surface area (Å²) in [6.07, 6.45) is 15.5. The molecule has 2 aliphatic carbocycles. The molecule has 50 heavy (non-hydrogen) atoms. The zero-order valence-corrected chi connectivity index (χ0v) is 28.6. The predicted molar refractivity (Wildman–Crippen MR) is 216 cm³/mol. The molecule has 0 aliphatic heterocycles. The lowest BCUT2D eigenvalue weighted by atomic mass is 9.70. The summed E-state index contributed by atoms with van der Waals surface area (Å²) in [7, 11) is 0. The summed E-state index contributed by atoms with van der Waals surface area (Å²) in [5, 5.41) is 10.3. The number of hydrogen-bond donors (Lipinski definition) is 2. The monoisotopic (exact) mass is 660 g/mol. The summed E-state index contributed by atoms with van der Waals surface area (Å²) in [6, 6.07) is 50.5. The first-order valence-electron chi connectivity index (χ1n) is 17.2. The van der Waals surface area contributed by atoms with Gasteiger partial charge in [-0.1, -0.05) is 140 Å². The number of allylic oxidation sites excluding steroid dienone is 5. The van der Waals surface area contributed by atoms with Gasteiger partial charge in [-0.25, -0.2) is 0 Å². The second kappa shape index (κ2) is 12.5. The molecule has 1 aromatic heterocycles. The van der Waals surface area contributed by atoms with E-state index in [4.69, 9.17) is 0 Å². The van der Waals surface area contributed by atoms with Crippen molar-refractivity contribution >= 4 is 48.6 Å². The zero-order chi connectivity index (χ0) is 33.5. The van der Waals surface area contributed by atoms with Crippen LogP contribution >= 0.6 is 11.3 Å². The van der Waals surface area contributed by atoms with E-state index in [1.807, 2.05) is 11.3 Å². The van der Waals surface area contributed by atoms with E-state index >= 15 is 0 Å². The van der Waals surface area contributed by atoms with Gasteiger partial charge in [-0.15, -0.1) is 11.3 Å². The Bertz CT molecular complexity index is 2510. The maximum Gasteiger partial charge on any atom is 0.0576 e. The first-order valence-corrected chi connectivity index (χ1v) is 18.0. The SMILES string of the molecule is CC12C=CC=CC1=CC=CC2Nc1ccccc1-c1cccc(-c2ccc(Nc3ccccc3)c(-c3cccc4c3sc3ccccc34)c2)c1. The van der Waals surface area contributed by atoms with Gasteiger partial charge >= 0.3 is 0 Å². The van der Waals surface area contributed by atoms with Crippen LogP contribution in [0.1, 0.15) is 6.92 Å². The fraction of sp³-hybridized carbons (Fsp3) is 0.0638. The fourth-order valence-electron chi connectivity index (χ4n) is 7.46. The molecule has 1 heterocycles. The van der Waals surface area contributed by atoms with Crippen LogP contribution in [0.15, 0.2) is 188 Å². The van der Waals surface area contributed by atoms with Crippen molar-refractivity contribution < 1.29 is 0 Å². The summed E-state index contributed by atoms with van der Waals surface area (Å²) >= 11 is 1.87. The van der Waals surface area contributed by atoms with Gasteiger partial charge in [0.1, 0.15) is 0 Å². The molecule has 0 spiro atoms. The molecule has 0 radical (unpaired) electrons. The Kier molecular flexibility index (Phi) is 7.56. The van der Waals surface area contributed by atoms with E-state index in [1.165, 1.54) is 59.1 Å². The van der Waals surface area contributed by atoms with Crippen LogP contribution in [0.4, 0.5) is 17.1 Å². The second-order valence-electron chi connectivity index (χ2n) is 13.3. The van der Waals surface area contributed by atoms with Crippen molar-refractivity contribution in [2.24, 2.45) is 5.41 Å². The van der Waals surface area contributed by atoms with Gasteiger partial charge in [-0.05, 0) is 71.7 Å². The fourth-order valence-corrected chi connectivity index (χ4v) is 8.69. The summed E-state index contributed by atoms with van der Waals surface area (Å²) < 4.78 is 2.62. The van der Waals surface area contributed by atoms with Crippen LogP contribution < -0.4 is 10.6 Å². The molecule has 7 aromatic rings. The summed E-state index contributed by atoms with van der Waals surface area (Å²) in [5.41, 5.74) is 11.7. The second-order valence-corrected chi connectivity index (χ2v) is 14.3. The first kappa shape index (κ1) is 30.2. The minimum Gasteiger partial charge on any atom is -0.377 e. The van der Waals surface area contributed by atoms with Crippen molar-refractivity contribution in [1.29, 1.82) is 0 Å². The minimum absolute atomic E-state index is 0.109. The van der Waals surface area contributed by atoms with Crippen LogP contribution in [-0.4, -0.2) is 6.04 Å². The van der Waals surface area contributed by atoms with Gasteiger partial charge in [0.15, 0.2) is 0 Å². The highest BCUT2D eigenvalue weighted by atomic mass is 32.1. The van der Waals surface area contributed by atoms with Crippen LogP contribution in [-0.2, 0) is 0 Å². The number of para-hydroxylation sites is 2. The Morgan fingerprint density at radius 2 is 1.34 bits per heavy atom. The van der Waals surface area contributed by atoms with Crippen LogP contribution in [0, 0.1) is 5.41 Å². The summed E-state index contributed by atoms with van der Waals surface area (Å²) in [4.78, 5) is 0. The molecule has 9 rings (SSSR count). The van der Waals surface area contributed by atoms with Gasteiger partial charge in [-0.3, -0.25) is 0 Å². The van der Waals surface area contributed by atoms with Gasteiger partial charge in [0, 0.05) is 59.3 Å². The first-order chi connectivity index (χ1) is 24.6. The molecule has 6 aromatic carbocycles. The molecule has 0 saturated carbocycles. The van der Waals surface area contributed by atoms with Gasteiger partial charge in [0.05, 0.1) is 6.04 Å². The van der Waals surface area contributed by atoms with E-state index in [2.05, 4.69) is 200 Å². The largest absolute Gasteiger partial charge is 0.377 e. The number of thiophene rings is 1. The molecule has 0 amide bonds. The predicted octanol–water partition coefficient (Wildman–Crippen LogP) is 13.2. The Hall–Kier alpha value is -5.90.